The van der Waals surface area contributed by atoms with Gasteiger partial charge in [0.25, 0.3) is 0 Å². The molecule has 1 aliphatic heterocycles. The van der Waals surface area contributed by atoms with Crippen LogP contribution in [0.2, 0.25) is 0 Å². The summed E-state index contributed by atoms with van der Waals surface area (Å²) in [6.07, 6.45) is 0. The first kappa shape index (κ1) is 22.8. The van der Waals surface area contributed by atoms with E-state index in [-0.39, 0.29) is 11.4 Å². The van der Waals surface area contributed by atoms with Crippen molar-refractivity contribution in [2.75, 3.05) is 33.2 Å². The number of piperazine rings is 1. The standard InChI is InChI=1S/C28H28N4O3/c1-31-12-14-32(15-13-31)18-19-6-5-9-22(16-19)29-26(20-7-3-2-4-8-20)25-23-11-10-21(28(34)35)17-24(23)30-27(25)33/h2-11,16-17,30,33H,12-15,18H2,1H3,(H,34,35). The van der Waals surface area contributed by atoms with Crippen LogP contribution in [0.4, 0.5) is 5.69 Å². The fourth-order valence-corrected chi connectivity index (χ4v) is 4.53. The van der Waals surface area contributed by atoms with E-state index in [1.807, 2.05) is 42.5 Å². The van der Waals surface area contributed by atoms with Gasteiger partial charge in [0.2, 0.25) is 0 Å². The van der Waals surface area contributed by atoms with E-state index >= 15 is 0 Å². The first-order chi connectivity index (χ1) is 17.0. The number of carbonyl (C=O) groups is 1. The number of rotatable bonds is 6. The summed E-state index contributed by atoms with van der Waals surface area (Å²) < 4.78 is 0. The van der Waals surface area contributed by atoms with Crippen molar-refractivity contribution in [3.8, 4) is 5.88 Å². The third-order valence-corrected chi connectivity index (χ3v) is 6.46. The van der Waals surface area contributed by atoms with Crippen LogP contribution in [0.25, 0.3) is 10.9 Å². The number of aliphatic imine (C=N–C) groups is 1. The van der Waals surface area contributed by atoms with Gasteiger partial charge in [-0.05, 0) is 36.9 Å². The molecule has 0 spiro atoms. The number of hydrogen-bond donors (Lipinski definition) is 3. The van der Waals surface area contributed by atoms with Gasteiger partial charge in [-0.3, -0.25) is 4.90 Å². The normalized spacial score (nSPS) is 15.5. The molecule has 0 aliphatic carbocycles. The molecule has 0 amide bonds. The van der Waals surface area contributed by atoms with Gasteiger partial charge in [-0.1, -0.05) is 48.5 Å². The van der Waals surface area contributed by atoms with Gasteiger partial charge in [-0.2, -0.15) is 0 Å². The van der Waals surface area contributed by atoms with Crippen molar-refractivity contribution in [2.45, 2.75) is 6.54 Å². The number of nitrogens with zero attached hydrogens (tertiary/aromatic N) is 3. The Hall–Kier alpha value is -3.94. The highest BCUT2D eigenvalue weighted by Gasteiger charge is 2.20. The number of likely N-dealkylation sites (N-methyl/N-ethyl adjacent to an activating group) is 1. The zero-order valence-electron chi connectivity index (χ0n) is 19.6. The van der Waals surface area contributed by atoms with E-state index in [9.17, 15) is 15.0 Å². The monoisotopic (exact) mass is 468 g/mol. The molecule has 178 valence electrons. The van der Waals surface area contributed by atoms with Crippen molar-refractivity contribution in [1.29, 1.82) is 0 Å². The first-order valence-corrected chi connectivity index (χ1v) is 11.7. The molecule has 0 unspecified atom stereocenters. The van der Waals surface area contributed by atoms with E-state index in [0.717, 1.165) is 44.0 Å². The van der Waals surface area contributed by atoms with E-state index < -0.39 is 5.97 Å². The summed E-state index contributed by atoms with van der Waals surface area (Å²) in [7, 11) is 2.15. The van der Waals surface area contributed by atoms with Crippen LogP contribution in [0.1, 0.15) is 27.0 Å². The number of aromatic hydroxyl groups is 1. The minimum absolute atomic E-state index is 0.0428. The molecule has 1 aliphatic rings. The molecule has 0 radical (unpaired) electrons. The molecule has 0 saturated carbocycles. The van der Waals surface area contributed by atoms with Crippen LogP contribution in [0.3, 0.4) is 0 Å². The average Bonchev–Trinajstić information content (AvgIpc) is 3.19. The van der Waals surface area contributed by atoms with Gasteiger partial charge in [0.15, 0.2) is 5.88 Å². The Bertz CT molecular complexity index is 1390. The first-order valence-electron chi connectivity index (χ1n) is 11.7. The predicted octanol–water partition coefficient (Wildman–Crippen LogP) is 4.49. The Morgan fingerprint density at radius 1 is 0.943 bits per heavy atom. The summed E-state index contributed by atoms with van der Waals surface area (Å²) in [6, 6.07) is 22.7. The molecule has 1 aromatic heterocycles. The van der Waals surface area contributed by atoms with Crippen molar-refractivity contribution in [3.05, 3.63) is 95.1 Å². The SMILES string of the molecule is CN1CCN(Cc2cccc(N=C(c3ccccc3)c3c(O)[nH]c4cc(C(=O)O)ccc34)c2)CC1. The molecule has 2 heterocycles. The highest BCUT2D eigenvalue weighted by molar-refractivity contribution is 6.22. The van der Waals surface area contributed by atoms with Gasteiger partial charge < -0.3 is 20.1 Å². The Morgan fingerprint density at radius 3 is 2.46 bits per heavy atom. The fraction of sp³-hybridized carbons (Fsp3) is 0.214. The molecule has 0 bridgehead atoms. The molecule has 1 saturated heterocycles. The summed E-state index contributed by atoms with van der Waals surface area (Å²) >= 11 is 0. The Labute approximate surface area is 204 Å². The number of aromatic nitrogens is 1. The van der Waals surface area contributed by atoms with Gasteiger partial charge >= 0.3 is 5.97 Å². The molecular formula is C28H28N4O3. The number of H-pyrrole nitrogens is 1. The molecule has 35 heavy (non-hydrogen) atoms. The van der Waals surface area contributed by atoms with Crippen molar-refractivity contribution < 1.29 is 15.0 Å². The van der Waals surface area contributed by atoms with E-state index in [1.165, 1.54) is 11.6 Å². The van der Waals surface area contributed by atoms with Gasteiger partial charge in [-0.15, -0.1) is 0 Å². The average molecular weight is 469 g/mol. The second kappa shape index (κ2) is 9.74. The van der Waals surface area contributed by atoms with E-state index in [1.54, 1.807) is 12.1 Å². The van der Waals surface area contributed by atoms with Gasteiger partial charge in [-0.25, -0.2) is 9.79 Å². The summed E-state index contributed by atoms with van der Waals surface area (Å²) in [4.78, 5) is 24.1. The maximum Gasteiger partial charge on any atom is 0.335 e. The fourth-order valence-electron chi connectivity index (χ4n) is 4.53. The number of aromatic carboxylic acids is 1. The largest absolute Gasteiger partial charge is 0.494 e. The molecule has 1 fully saturated rings. The number of benzene rings is 3. The lowest BCUT2D eigenvalue weighted by Crippen LogP contribution is -2.43. The second-order valence-corrected chi connectivity index (χ2v) is 8.99. The molecule has 3 N–H and O–H groups in total. The summed E-state index contributed by atoms with van der Waals surface area (Å²) in [5.74, 6) is -1.06. The summed E-state index contributed by atoms with van der Waals surface area (Å²) in [5, 5.41) is 20.9. The highest BCUT2D eigenvalue weighted by Crippen LogP contribution is 2.32. The molecule has 3 aromatic carbocycles. The van der Waals surface area contributed by atoms with Crippen molar-refractivity contribution in [1.82, 2.24) is 14.8 Å². The lowest BCUT2D eigenvalue weighted by Gasteiger charge is -2.32. The molecule has 5 rings (SSSR count). The van der Waals surface area contributed by atoms with Crippen molar-refractivity contribution in [2.24, 2.45) is 4.99 Å². The number of nitrogens with one attached hydrogen (secondary N) is 1. The van der Waals surface area contributed by atoms with Gasteiger partial charge in [0.1, 0.15) is 0 Å². The van der Waals surface area contributed by atoms with E-state index in [2.05, 4.69) is 34.0 Å². The summed E-state index contributed by atoms with van der Waals surface area (Å²) in [6.45, 7) is 5.09. The zero-order valence-corrected chi connectivity index (χ0v) is 19.6. The van der Waals surface area contributed by atoms with Crippen LogP contribution in [0.15, 0.2) is 77.8 Å². The Kier molecular flexibility index (Phi) is 6.35. The predicted molar refractivity (Wildman–Crippen MR) is 138 cm³/mol. The van der Waals surface area contributed by atoms with Crippen LogP contribution in [-0.4, -0.2) is 69.9 Å². The molecule has 4 aromatic rings. The van der Waals surface area contributed by atoms with Crippen LogP contribution in [0.5, 0.6) is 5.88 Å². The van der Waals surface area contributed by atoms with Crippen molar-refractivity contribution in [3.63, 3.8) is 0 Å². The van der Waals surface area contributed by atoms with E-state index in [0.29, 0.717) is 22.2 Å². The van der Waals surface area contributed by atoms with Crippen LogP contribution < -0.4 is 0 Å². The maximum atomic E-state index is 11.4. The Balaban J connectivity index is 1.56. The van der Waals surface area contributed by atoms with Crippen LogP contribution >= 0.6 is 0 Å². The quantitative estimate of drug-likeness (QED) is 0.363. The lowest BCUT2D eigenvalue weighted by atomic mass is 10.00. The number of hydrogen-bond acceptors (Lipinski definition) is 5. The van der Waals surface area contributed by atoms with E-state index in [4.69, 9.17) is 4.99 Å². The van der Waals surface area contributed by atoms with Crippen molar-refractivity contribution >= 4 is 28.3 Å². The minimum atomic E-state index is -1.02. The van der Waals surface area contributed by atoms with Gasteiger partial charge in [0.05, 0.1) is 22.5 Å². The van der Waals surface area contributed by atoms with Crippen LogP contribution in [-0.2, 0) is 6.54 Å². The highest BCUT2D eigenvalue weighted by atomic mass is 16.4. The Morgan fingerprint density at radius 2 is 1.71 bits per heavy atom. The minimum Gasteiger partial charge on any atom is -0.494 e. The third kappa shape index (κ3) is 4.96. The summed E-state index contributed by atoms with van der Waals surface area (Å²) in [5.41, 5.74) is 4.71. The second-order valence-electron chi connectivity index (χ2n) is 8.99. The lowest BCUT2D eigenvalue weighted by molar-refractivity contribution is 0.0697. The molecule has 0 atom stereocenters. The van der Waals surface area contributed by atoms with Gasteiger partial charge in [0, 0.05) is 49.2 Å². The number of fused-ring (bicyclic) bond motifs is 1. The number of carboxylic acids is 1. The topological polar surface area (TPSA) is 92.2 Å². The zero-order chi connectivity index (χ0) is 24.4. The molecule has 7 heteroatoms. The maximum absolute atomic E-state index is 11.4. The number of aromatic amines is 1. The molecular weight excluding hydrogens is 440 g/mol. The number of carboxylic acid groups (broad SMARTS) is 1. The third-order valence-electron chi connectivity index (χ3n) is 6.46. The smallest absolute Gasteiger partial charge is 0.335 e. The van der Waals surface area contributed by atoms with Crippen LogP contribution in [0, 0.1) is 0 Å². The molecule has 7 nitrogen and oxygen atoms in total.